The van der Waals surface area contributed by atoms with Crippen molar-refractivity contribution in [2.75, 3.05) is 13.2 Å². The lowest BCUT2D eigenvalue weighted by Crippen LogP contribution is -2.30. The summed E-state index contributed by atoms with van der Waals surface area (Å²) in [5, 5.41) is 0. The van der Waals surface area contributed by atoms with E-state index in [-0.39, 0.29) is 31.1 Å². The number of hydrogen-bond acceptors (Lipinski definition) is 6. The first-order valence-corrected chi connectivity index (χ1v) is 35.6. The van der Waals surface area contributed by atoms with Gasteiger partial charge < -0.3 is 14.2 Å². The minimum Gasteiger partial charge on any atom is -0.462 e. The second-order valence-corrected chi connectivity index (χ2v) is 24.1. The van der Waals surface area contributed by atoms with Crippen LogP contribution in [0.5, 0.6) is 0 Å². The largest absolute Gasteiger partial charge is 0.462 e. The lowest BCUT2D eigenvalue weighted by molar-refractivity contribution is -0.167. The molecular weight excluding hydrogens is 985 g/mol. The quantitative estimate of drug-likeness (QED) is 0.0261. The Morgan fingerprint density at radius 3 is 0.762 bits per heavy atom. The molecule has 0 N–H and O–H groups in total. The van der Waals surface area contributed by atoms with E-state index in [1.807, 2.05) is 0 Å². The van der Waals surface area contributed by atoms with Gasteiger partial charge in [0.25, 0.3) is 0 Å². The molecule has 0 aliphatic rings. The van der Waals surface area contributed by atoms with E-state index in [1.165, 1.54) is 263 Å². The highest BCUT2D eigenvalue weighted by molar-refractivity contribution is 5.71. The van der Waals surface area contributed by atoms with Crippen LogP contribution in [0.3, 0.4) is 0 Å². The molecule has 0 aromatic carbocycles. The average molecular weight is 1120 g/mol. The summed E-state index contributed by atoms with van der Waals surface area (Å²) in [7, 11) is 0. The van der Waals surface area contributed by atoms with Gasteiger partial charge in [-0.15, -0.1) is 0 Å². The van der Waals surface area contributed by atoms with Crippen LogP contribution in [-0.4, -0.2) is 37.2 Å². The van der Waals surface area contributed by atoms with Gasteiger partial charge >= 0.3 is 17.9 Å². The molecule has 468 valence electrons. The molecule has 0 saturated carbocycles. The summed E-state index contributed by atoms with van der Waals surface area (Å²) in [5.74, 6) is -0.858. The number of rotatable bonds is 66. The van der Waals surface area contributed by atoms with Crippen LogP contribution in [0, 0.1) is 0 Å². The molecule has 0 aromatic heterocycles. The monoisotopic (exact) mass is 1120 g/mol. The third kappa shape index (κ3) is 66.2. The molecule has 1 atom stereocenters. The molecule has 0 spiro atoms. The minimum absolute atomic E-state index is 0.0701. The van der Waals surface area contributed by atoms with Crippen molar-refractivity contribution in [3.8, 4) is 0 Å². The Morgan fingerprint density at radius 1 is 0.263 bits per heavy atom. The van der Waals surface area contributed by atoms with Crippen molar-refractivity contribution >= 4 is 17.9 Å². The summed E-state index contributed by atoms with van der Waals surface area (Å²) >= 11 is 0. The van der Waals surface area contributed by atoms with Crippen LogP contribution in [0.15, 0.2) is 48.6 Å². The minimum atomic E-state index is -0.772. The standard InChI is InChI=1S/C74H136O6/c1-4-7-10-13-16-18-20-22-24-26-28-30-32-33-34-35-36-37-38-39-40-42-43-45-47-49-51-53-55-58-61-64-67-73(76)79-70-71(69-78-72(75)66-63-60-57-15-12-9-6-3)80-74(77)68-65-62-59-56-54-52-50-48-46-44-41-31-29-27-25-23-21-19-17-14-11-8-5-2/h8,11,17,19,23,25,29,31,71H,4-7,9-10,12-16,18,20-22,24,26-28,30,32-70H2,1-3H3/b11-8-,19-17-,25-23-,31-29-. The van der Waals surface area contributed by atoms with Crippen molar-refractivity contribution in [3.05, 3.63) is 48.6 Å². The molecule has 6 nitrogen and oxygen atoms in total. The van der Waals surface area contributed by atoms with E-state index in [0.717, 1.165) is 83.5 Å². The maximum atomic E-state index is 12.9. The highest BCUT2D eigenvalue weighted by Crippen LogP contribution is 2.19. The molecule has 0 rings (SSSR count). The molecule has 0 aliphatic carbocycles. The Hall–Kier alpha value is -2.63. The normalized spacial score (nSPS) is 12.3. The van der Waals surface area contributed by atoms with Gasteiger partial charge in [-0.3, -0.25) is 14.4 Å². The lowest BCUT2D eigenvalue weighted by atomic mass is 10.0. The second-order valence-electron chi connectivity index (χ2n) is 24.1. The summed E-state index contributed by atoms with van der Waals surface area (Å²) in [4.78, 5) is 38.2. The maximum absolute atomic E-state index is 12.9. The van der Waals surface area contributed by atoms with Crippen molar-refractivity contribution in [2.24, 2.45) is 0 Å². The van der Waals surface area contributed by atoms with E-state index >= 15 is 0 Å². The van der Waals surface area contributed by atoms with E-state index in [4.69, 9.17) is 14.2 Å². The first-order chi connectivity index (χ1) is 39.5. The van der Waals surface area contributed by atoms with Gasteiger partial charge in [0.1, 0.15) is 13.2 Å². The number of hydrogen-bond donors (Lipinski definition) is 0. The third-order valence-electron chi connectivity index (χ3n) is 16.1. The average Bonchev–Trinajstić information content (AvgIpc) is 3.46. The highest BCUT2D eigenvalue weighted by atomic mass is 16.6. The summed E-state index contributed by atoms with van der Waals surface area (Å²) in [5.41, 5.74) is 0. The van der Waals surface area contributed by atoms with Crippen LogP contribution >= 0.6 is 0 Å². The third-order valence-corrected chi connectivity index (χ3v) is 16.1. The van der Waals surface area contributed by atoms with Crippen molar-refractivity contribution in [1.29, 1.82) is 0 Å². The molecule has 80 heavy (non-hydrogen) atoms. The van der Waals surface area contributed by atoms with Gasteiger partial charge in [-0.25, -0.2) is 0 Å². The van der Waals surface area contributed by atoms with Gasteiger partial charge in [-0.05, 0) is 57.8 Å². The molecule has 0 saturated heterocycles. The van der Waals surface area contributed by atoms with Gasteiger partial charge in [0.15, 0.2) is 6.10 Å². The molecule has 1 unspecified atom stereocenters. The summed E-state index contributed by atoms with van der Waals surface area (Å²) in [6, 6.07) is 0. The first kappa shape index (κ1) is 77.4. The van der Waals surface area contributed by atoms with Crippen molar-refractivity contribution in [1.82, 2.24) is 0 Å². The van der Waals surface area contributed by atoms with Crippen molar-refractivity contribution in [3.63, 3.8) is 0 Å². The van der Waals surface area contributed by atoms with Gasteiger partial charge in [0, 0.05) is 19.3 Å². The molecule has 0 fully saturated rings. The number of ether oxygens (including phenoxy) is 3. The number of esters is 3. The lowest BCUT2D eigenvalue weighted by Gasteiger charge is -2.18. The predicted octanol–water partition coefficient (Wildman–Crippen LogP) is 24.5. The van der Waals surface area contributed by atoms with Crippen LogP contribution in [-0.2, 0) is 28.6 Å². The fourth-order valence-corrected chi connectivity index (χ4v) is 10.8. The molecule has 6 heteroatoms. The molecule has 0 bridgehead atoms. The Morgan fingerprint density at radius 2 is 0.487 bits per heavy atom. The van der Waals surface area contributed by atoms with Crippen LogP contribution in [0.2, 0.25) is 0 Å². The topological polar surface area (TPSA) is 78.9 Å². The van der Waals surface area contributed by atoms with Crippen LogP contribution < -0.4 is 0 Å². The summed E-state index contributed by atoms with van der Waals surface area (Å²) in [6.07, 6.45) is 87.6. The van der Waals surface area contributed by atoms with E-state index in [1.54, 1.807) is 0 Å². The molecule has 0 radical (unpaired) electrons. The zero-order chi connectivity index (χ0) is 57.8. The van der Waals surface area contributed by atoms with E-state index in [0.29, 0.717) is 19.3 Å². The van der Waals surface area contributed by atoms with Crippen LogP contribution in [0.1, 0.15) is 387 Å². The Labute approximate surface area is 498 Å². The first-order valence-electron chi connectivity index (χ1n) is 35.6. The predicted molar refractivity (Wildman–Crippen MR) is 349 cm³/mol. The molecule has 0 aliphatic heterocycles. The zero-order valence-corrected chi connectivity index (χ0v) is 53.9. The van der Waals surface area contributed by atoms with E-state index in [9.17, 15) is 14.4 Å². The van der Waals surface area contributed by atoms with E-state index in [2.05, 4.69) is 69.4 Å². The Kier molecular flexibility index (Phi) is 66.6. The van der Waals surface area contributed by atoms with Crippen LogP contribution in [0.4, 0.5) is 0 Å². The second kappa shape index (κ2) is 68.9. The fraction of sp³-hybridized carbons (Fsp3) is 0.851. The molecular formula is C74H136O6. The smallest absolute Gasteiger partial charge is 0.306 e. The fourth-order valence-electron chi connectivity index (χ4n) is 10.8. The number of carbonyl (C=O) groups excluding carboxylic acids is 3. The van der Waals surface area contributed by atoms with E-state index < -0.39 is 6.10 Å². The zero-order valence-electron chi connectivity index (χ0n) is 53.9. The van der Waals surface area contributed by atoms with Gasteiger partial charge in [0.05, 0.1) is 0 Å². The van der Waals surface area contributed by atoms with Gasteiger partial charge in [-0.1, -0.05) is 358 Å². The van der Waals surface area contributed by atoms with Gasteiger partial charge in [-0.2, -0.15) is 0 Å². The number of carbonyl (C=O) groups is 3. The molecule has 0 amide bonds. The molecule has 0 aromatic rings. The number of unbranched alkanes of at least 4 members (excludes halogenated alkanes) is 47. The Balaban J connectivity index is 3.99. The Bertz CT molecular complexity index is 1380. The molecule has 0 heterocycles. The summed E-state index contributed by atoms with van der Waals surface area (Å²) < 4.78 is 16.9. The highest BCUT2D eigenvalue weighted by Gasteiger charge is 2.19. The van der Waals surface area contributed by atoms with Crippen LogP contribution in [0.25, 0.3) is 0 Å². The van der Waals surface area contributed by atoms with Crippen molar-refractivity contribution < 1.29 is 28.6 Å². The SMILES string of the molecule is CC/C=C\C/C=C\C/C=C\C/C=C\CCCCCCCCCCCCC(=O)OC(COC(=O)CCCCCCCCC)COC(=O)CCCCCCCCCCCCCCCCCCCCCCCCCCCCCCCCCC. The maximum Gasteiger partial charge on any atom is 0.306 e. The van der Waals surface area contributed by atoms with Gasteiger partial charge in [0.2, 0.25) is 0 Å². The van der Waals surface area contributed by atoms with Crippen molar-refractivity contribution in [2.45, 2.75) is 393 Å². The number of allylic oxidation sites excluding steroid dienone is 8. The summed E-state index contributed by atoms with van der Waals surface area (Å²) in [6.45, 7) is 6.55.